The van der Waals surface area contributed by atoms with Crippen molar-refractivity contribution in [3.63, 3.8) is 0 Å². The first kappa shape index (κ1) is 18.4. The standard InChI is InChI=1S/C22H25N5O/c1-4-20-17(3)24-22-26(19-9-5-7-16(2)11-19)14-25(15-27(22)21(20)28)13-18-8-6-10-23-12-18/h5-12H,4,13-15H2,1-3H3. The minimum absolute atomic E-state index is 0.0542. The van der Waals surface area contributed by atoms with Gasteiger partial charge in [0, 0.05) is 35.9 Å². The molecule has 0 aliphatic carbocycles. The summed E-state index contributed by atoms with van der Waals surface area (Å²) in [6, 6.07) is 12.3. The molecule has 0 atom stereocenters. The van der Waals surface area contributed by atoms with E-state index < -0.39 is 0 Å². The number of aromatic nitrogens is 3. The molecule has 1 aliphatic heterocycles. The molecule has 0 saturated heterocycles. The molecule has 0 saturated carbocycles. The molecule has 1 aliphatic rings. The van der Waals surface area contributed by atoms with Crippen molar-refractivity contribution in [1.82, 2.24) is 19.4 Å². The molecule has 1 aromatic carbocycles. The number of aryl methyl sites for hydroxylation is 2. The van der Waals surface area contributed by atoms with Crippen molar-refractivity contribution in [2.75, 3.05) is 11.6 Å². The van der Waals surface area contributed by atoms with Gasteiger partial charge < -0.3 is 0 Å². The molecule has 144 valence electrons. The molecule has 0 bridgehead atoms. The largest absolute Gasteiger partial charge is 0.298 e. The number of rotatable bonds is 4. The van der Waals surface area contributed by atoms with Gasteiger partial charge in [-0.15, -0.1) is 0 Å². The minimum Gasteiger partial charge on any atom is -0.298 e. The van der Waals surface area contributed by atoms with Gasteiger partial charge >= 0.3 is 0 Å². The van der Waals surface area contributed by atoms with E-state index in [1.165, 1.54) is 5.56 Å². The van der Waals surface area contributed by atoms with E-state index in [0.717, 1.165) is 29.1 Å². The van der Waals surface area contributed by atoms with Crippen LogP contribution in [-0.4, -0.2) is 26.1 Å². The molecule has 3 heterocycles. The monoisotopic (exact) mass is 375 g/mol. The maximum atomic E-state index is 13.2. The number of benzene rings is 1. The maximum absolute atomic E-state index is 13.2. The summed E-state index contributed by atoms with van der Waals surface area (Å²) in [5, 5.41) is 0. The van der Waals surface area contributed by atoms with Crippen LogP contribution in [0.3, 0.4) is 0 Å². The summed E-state index contributed by atoms with van der Waals surface area (Å²) in [7, 11) is 0. The van der Waals surface area contributed by atoms with Crippen molar-refractivity contribution in [2.24, 2.45) is 0 Å². The van der Waals surface area contributed by atoms with E-state index in [-0.39, 0.29) is 5.56 Å². The van der Waals surface area contributed by atoms with Crippen LogP contribution in [0.4, 0.5) is 11.6 Å². The van der Waals surface area contributed by atoms with Crippen LogP contribution in [-0.2, 0) is 19.6 Å². The summed E-state index contributed by atoms with van der Waals surface area (Å²) in [6.07, 6.45) is 4.34. The average Bonchev–Trinajstić information content (AvgIpc) is 2.69. The number of pyridine rings is 1. The van der Waals surface area contributed by atoms with Gasteiger partial charge in [-0.2, -0.15) is 0 Å². The predicted octanol–water partition coefficient (Wildman–Crippen LogP) is 3.39. The lowest BCUT2D eigenvalue weighted by Gasteiger charge is -2.38. The highest BCUT2D eigenvalue weighted by Gasteiger charge is 2.27. The van der Waals surface area contributed by atoms with Gasteiger partial charge in [-0.3, -0.25) is 24.1 Å². The summed E-state index contributed by atoms with van der Waals surface area (Å²) in [5.74, 6) is 0.715. The molecule has 0 unspecified atom stereocenters. The van der Waals surface area contributed by atoms with Gasteiger partial charge in [0.15, 0.2) is 0 Å². The first-order valence-electron chi connectivity index (χ1n) is 9.62. The Kier molecular flexibility index (Phi) is 4.96. The highest BCUT2D eigenvalue weighted by atomic mass is 16.1. The molecule has 0 amide bonds. The molecule has 6 nitrogen and oxygen atoms in total. The molecule has 2 aromatic heterocycles. The Morgan fingerprint density at radius 3 is 2.68 bits per heavy atom. The zero-order chi connectivity index (χ0) is 19.7. The summed E-state index contributed by atoms with van der Waals surface area (Å²) in [6.45, 7) is 7.91. The van der Waals surface area contributed by atoms with E-state index in [0.29, 0.717) is 25.7 Å². The van der Waals surface area contributed by atoms with Crippen LogP contribution in [0.25, 0.3) is 0 Å². The number of hydrogen-bond acceptors (Lipinski definition) is 5. The third-order valence-corrected chi connectivity index (χ3v) is 5.17. The third kappa shape index (κ3) is 3.43. The van der Waals surface area contributed by atoms with Gasteiger partial charge in [0.25, 0.3) is 5.56 Å². The van der Waals surface area contributed by atoms with Crippen LogP contribution in [0.15, 0.2) is 53.6 Å². The van der Waals surface area contributed by atoms with Gasteiger partial charge in [-0.05, 0) is 49.6 Å². The SMILES string of the molecule is CCc1c(C)nc2n(c1=O)CN(Cc1cccnc1)CN2c1cccc(C)c1. The van der Waals surface area contributed by atoms with E-state index in [9.17, 15) is 4.79 Å². The maximum Gasteiger partial charge on any atom is 0.259 e. The topological polar surface area (TPSA) is 54.3 Å². The van der Waals surface area contributed by atoms with E-state index in [4.69, 9.17) is 4.98 Å². The van der Waals surface area contributed by atoms with E-state index in [1.54, 1.807) is 10.8 Å². The fraction of sp³-hybridized carbons (Fsp3) is 0.318. The normalized spacial score (nSPS) is 14.2. The van der Waals surface area contributed by atoms with Crippen molar-refractivity contribution in [2.45, 2.75) is 40.4 Å². The molecular formula is C22H25N5O. The van der Waals surface area contributed by atoms with E-state index >= 15 is 0 Å². The van der Waals surface area contributed by atoms with E-state index in [1.807, 2.05) is 32.2 Å². The van der Waals surface area contributed by atoms with Crippen molar-refractivity contribution in [3.8, 4) is 0 Å². The summed E-state index contributed by atoms with van der Waals surface area (Å²) < 4.78 is 1.80. The highest BCUT2D eigenvalue weighted by molar-refractivity contribution is 5.59. The second kappa shape index (κ2) is 7.56. The summed E-state index contributed by atoms with van der Waals surface area (Å²) >= 11 is 0. The van der Waals surface area contributed by atoms with Gasteiger partial charge in [0.1, 0.15) is 0 Å². The molecule has 0 spiro atoms. The van der Waals surface area contributed by atoms with Gasteiger partial charge in [0.2, 0.25) is 5.95 Å². The predicted molar refractivity (Wildman–Crippen MR) is 111 cm³/mol. The van der Waals surface area contributed by atoms with E-state index in [2.05, 4.69) is 46.0 Å². The summed E-state index contributed by atoms with van der Waals surface area (Å²) in [4.78, 5) is 26.6. The average molecular weight is 375 g/mol. The van der Waals surface area contributed by atoms with Crippen LogP contribution in [0.2, 0.25) is 0 Å². The molecule has 3 aromatic rings. The molecule has 0 N–H and O–H groups in total. The van der Waals surface area contributed by atoms with Crippen molar-refractivity contribution in [3.05, 3.63) is 81.5 Å². The Bertz CT molecular complexity index is 1040. The van der Waals surface area contributed by atoms with Crippen molar-refractivity contribution >= 4 is 11.6 Å². The highest BCUT2D eigenvalue weighted by Crippen LogP contribution is 2.28. The molecule has 6 heteroatoms. The van der Waals surface area contributed by atoms with Gasteiger partial charge in [0.05, 0.1) is 13.3 Å². The van der Waals surface area contributed by atoms with Crippen LogP contribution >= 0.6 is 0 Å². The van der Waals surface area contributed by atoms with Gasteiger partial charge in [-0.25, -0.2) is 4.98 Å². The van der Waals surface area contributed by atoms with Crippen molar-refractivity contribution in [1.29, 1.82) is 0 Å². The van der Waals surface area contributed by atoms with Crippen molar-refractivity contribution < 1.29 is 0 Å². The second-order valence-electron chi connectivity index (χ2n) is 7.30. The number of anilines is 2. The molecular weight excluding hydrogens is 350 g/mol. The minimum atomic E-state index is 0.0542. The van der Waals surface area contributed by atoms with Crippen LogP contribution in [0, 0.1) is 13.8 Å². The quantitative estimate of drug-likeness (QED) is 0.700. The Morgan fingerprint density at radius 1 is 1.11 bits per heavy atom. The zero-order valence-corrected chi connectivity index (χ0v) is 16.6. The number of fused-ring (bicyclic) bond motifs is 1. The Morgan fingerprint density at radius 2 is 1.96 bits per heavy atom. The first-order valence-corrected chi connectivity index (χ1v) is 9.62. The molecule has 4 rings (SSSR count). The fourth-order valence-corrected chi connectivity index (χ4v) is 3.78. The lowest BCUT2D eigenvalue weighted by molar-refractivity contribution is 0.189. The van der Waals surface area contributed by atoms with Crippen LogP contribution < -0.4 is 10.5 Å². The molecule has 28 heavy (non-hydrogen) atoms. The third-order valence-electron chi connectivity index (χ3n) is 5.17. The lowest BCUT2D eigenvalue weighted by atomic mass is 10.2. The number of hydrogen-bond donors (Lipinski definition) is 0. The first-order chi connectivity index (χ1) is 13.6. The number of nitrogens with zero attached hydrogens (tertiary/aromatic N) is 5. The second-order valence-corrected chi connectivity index (χ2v) is 7.30. The fourth-order valence-electron chi connectivity index (χ4n) is 3.78. The smallest absolute Gasteiger partial charge is 0.259 e. The Balaban J connectivity index is 1.80. The molecule has 0 radical (unpaired) electrons. The summed E-state index contributed by atoms with van der Waals surface area (Å²) in [5.41, 5.74) is 5.00. The lowest BCUT2D eigenvalue weighted by Crippen LogP contribution is -2.47. The molecule has 0 fully saturated rings. The Hall–Kier alpha value is -2.99. The zero-order valence-electron chi connectivity index (χ0n) is 16.6. The van der Waals surface area contributed by atoms with Crippen LogP contribution in [0.1, 0.15) is 29.3 Å². The van der Waals surface area contributed by atoms with Crippen LogP contribution in [0.5, 0.6) is 0 Å². The van der Waals surface area contributed by atoms with Gasteiger partial charge in [-0.1, -0.05) is 25.1 Å². The Labute approximate surface area is 165 Å².